The van der Waals surface area contributed by atoms with Crippen molar-refractivity contribution in [2.45, 2.75) is 6.92 Å². The molecule has 28 heavy (non-hydrogen) atoms. The lowest BCUT2D eigenvalue weighted by Gasteiger charge is -2.34. The lowest BCUT2D eigenvalue weighted by atomic mass is 10.2. The summed E-state index contributed by atoms with van der Waals surface area (Å²) in [6.45, 7) is 4.15. The Kier molecular flexibility index (Phi) is 6.21. The van der Waals surface area contributed by atoms with Gasteiger partial charge in [-0.25, -0.2) is 9.78 Å². The van der Waals surface area contributed by atoms with Gasteiger partial charge in [0.2, 0.25) is 0 Å². The quantitative estimate of drug-likeness (QED) is 0.637. The summed E-state index contributed by atoms with van der Waals surface area (Å²) in [5.74, 6) is -0.840. The van der Waals surface area contributed by atoms with Gasteiger partial charge in [0.05, 0.1) is 12.2 Å². The number of carbonyl (C=O) groups is 3. The highest BCUT2D eigenvalue weighted by Gasteiger charge is 2.26. The Morgan fingerprint density at radius 1 is 1.04 bits per heavy atom. The molecule has 0 radical (unpaired) electrons. The van der Waals surface area contributed by atoms with Gasteiger partial charge in [0.25, 0.3) is 0 Å². The number of amides is 2. The van der Waals surface area contributed by atoms with Crippen LogP contribution >= 0.6 is 0 Å². The number of rotatable bonds is 4. The van der Waals surface area contributed by atoms with E-state index in [9.17, 15) is 14.4 Å². The number of pyridine rings is 1. The molecule has 1 aromatic carbocycles. The number of carbonyl (C=O) groups excluding carboxylic acids is 3. The Morgan fingerprint density at radius 3 is 2.36 bits per heavy atom. The number of ether oxygens (including phenoxy) is 1. The van der Waals surface area contributed by atoms with E-state index in [0.29, 0.717) is 44.0 Å². The van der Waals surface area contributed by atoms with Crippen molar-refractivity contribution in [3.05, 3.63) is 54.2 Å². The molecule has 8 heteroatoms. The van der Waals surface area contributed by atoms with Crippen molar-refractivity contribution >= 4 is 29.3 Å². The predicted octanol–water partition coefficient (Wildman–Crippen LogP) is 1.55. The number of benzene rings is 1. The molecule has 8 nitrogen and oxygen atoms in total. The van der Waals surface area contributed by atoms with Gasteiger partial charge < -0.3 is 19.9 Å². The van der Waals surface area contributed by atoms with Crippen molar-refractivity contribution in [1.82, 2.24) is 9.88 Å². The van der Waals surface area contributed by atoms with E-state index in [-0.39, 0.29) is 0 Å². The number of nitrogens with zero attached hydrogens (tertiary/aromatic N) is 3. The molecule has 0 unspecified atom stereocenters. The molecule has 146 valence electrons. The minimum absolute atomic E-state index is 0.291. The number of anilines is 2. The second-order valence-corrected chi connectivity index (χ2v) is 6.22. The fourth-order valence-electron chi connectivity index (χ4n) is 2.91. The average molecular weight is 382 g/mol. The first-order valence-corrected chi connectivity index (χ1v) is 9.12. The summed E-state index contributed by atoms with van der Waals surface area (Å²) in [4.78, 5) is 44.2. The molecule has 2 heterocycles. The van der Waals surface area contributed by atoms with Crippen LogP contribution in [0.1, 0.15) is 17.3 Å². The molecule has 1 aliphatic heterocycles. The van der Waals surface area contributed by atoms with Gasteiger partial charge in [-0.15, -0.1) is 0 Å². The summed E-state index contributed by atoms with van der Waals surface area (Å²) in [7, 11) is 0. The van der Waals surface area contributed by atoms with Crippen LogP contribution in [0.4, 0.5) is 11.5 Å². The van der Waals surface area contributed by atoms with Crippen molar-refractivity contribution in [1.29, 1.82) is 0 Å². The first kappa shape index (κ1) is 19.3. The van der Waals surface area contributed by atoms with Crippen molar-refractivity contribution in [2.75, 3.05) is 43.0 Å². The van der Waals surface area contributed by atoms with Gasteiger partial charge in [0.15, 0.2) is 0 Å². The third kappa shape index (κ3) is 4.64. The molecular formula is C20H22N4O4. The molecule has 1 saturated heterocycles. The van der Waals surface area contributed by atoms with Crippen molar-refractivity contribution in [3.63, 3.8) is 0 Å². The molecule has 0 aliphatic carbocycles. The van der Waals surface area contributed by atoms with Crippen molar-refractivity contribution < 1.29 is 19.1 Å². The van der Waals surface area contributed by atoms with E-state index in [0.717, 1.165) is 5.82 Å². The van der Waals surface area contributed by atoms with Gasteiger partial charge in [-0.05, 0) is 43.3 Å². The van der Waals surface area contributed by atoms with Crippen molar-refractivity contribution in [3.8, 4) is 0 Å². The van der Waals surface area contributed by atoms with Gasteiger partial charge in [-0.1, -0.05) is 6.07 Å². The third-order valence-corrected chi connectivity index (χ3v) is 4.39. The number of esters is 1. The topological polar surface area (TPSA) is 91.8 Å². The van der Waals surface area contributed by atoms with Crippen LogP contribution in [0.5, 0.6) is 0 Å². The Morgan fingerprint density at radius 2 is 1.75 bits per heavy atom. The molecule has 0 spiro atoms. The van der Waals surface area contributed by atoms with Gasteiger partial charge >= 0.3 is 17.8 Å². The predicted molar refractivity (Wildman–Crippen MR) is 104 cm³/mol. The van der Waals surface area contributed by atoms with Crippen LogP contribution in [0.15, 0.2) is 48.7 Å². The maximum atomic E-state index is 12.4. The molecule has 1 aromatic heterocycles. The molecule has 2 aromatic rings. The molecular weight excluding hydrogens is 360 g/mol. The normalized spacial score (nSPS) is 13.8. The number of hydrogen-bond donors (Lipinski definition) is 1. The molecule has 0 saturated carbocycles. The Hall–Kier alpha value is -3.42. The second kappa shape index (κ2) is 8.98. The largest absolute Gasteiger partial charge is 0.462 e. The Bertz CT molecular complexity index is 831. The van der Waals surface area contributed by atoms with Gasteiger partial charge in [-0.3, -0.25) is 9.59 Å². The van der Waals surface area contributed by atoms with Crippen LogP contribution in [0.2, 0.25) is 0 Å². The lowest BCUT2D eigenvalue weighted by Crippen LogP contribution is -2.51. The first-order valence-electron chi connectivity index (χ1n) is 9.12. The minimum atomic E-state index is -0.699. The van der Waals surface area contributed by atoms with Crippen LogP contribution in [0, 0.1) is 0 Å². The standard InChI is InChI=1S/C20H22N4O4/c1-2-28-20(27)15-6-8-16(9-7-15)22-18(25)19(26)24-13-11-23(12-14-24)17-5-3-4-10-21-17/h3-10H,2,11-14H2,1H3,(H,22,25). The lowest BCUT2D eigenvalue weighted by molar-refractivity contribution is -0.143. The molecule has 1 aliphatic rings. The molecule has 1 fully saturated rings. The summed E-state index contributed by atoms with van der Waals surface area (Å²) >= 11 is 0. The van der Waals surface area contributed by atoms with Crippen LogP contribution in [0.25, 0.3) is 0 Å². The van der Waals surface area contributed by atoms with Crippen LogP contribution in [0.3, 0.4) is 0 Å². The Labute approximate surface area is 163 Å². The second-order valence-electron chi connectivity index (χ2n) is 6.22. The molecule has 1 N–H and O–H groups in total. The van der Waals surface area contributed by atoms with Crippen LogP contribution in [-0.2, 0) is 14.3 Å². The number of nitrogens with one attached hydrogen (secondary N) is 1. The number of hydrogen-bond acceptors (Lipinski definition) is 6. The van der Waals surface area contributed by atoms with E-state index < -0.39 is 17.8 Å². The van der Waals surface area contributed by atoms with E-state index in [1.165, 1.54) is 4.90 Å². The first-order chi connectivity index (χ1) is 13.6. The van der Waals surface area contributed by atoms with E-state index in [2.05, 4.69) is 15.2 Å². The number of piperazine rings is 1. The maximum absolute atomic E-state index is 12.4. The smallest absolute Gasteiger partial charge is 0.338 e. The SMILES string of the molecule is CCOC(=O)c1ccc(NC(=O)C(=O)N2CCN(c3ccccn3)CC2)cc1. The summed E-state index contributed by atoms with van der Waals surface area (Å²) in [6.07, 6.45) is 1.73. The summed E-state index contributed by atoms with van der Waals surface area (Å²) in [5, 5.41) is 2.57. The summed E-state index contributed by atoms with van der Waals surface area (Å²) in [6, 6.07) is 11.9. The highest BCUT2D eigenvalue weighted by atomic mass is 16.5. The zero-order chi connectivity index (χ0) is 19.9. The third-order valence-electron chi connectivity index (χ3n) is 4.39. The highest BCUT2D eigenvalue weighted by molar-refractivity contribution is 6.39. The van der Waals surface area contributed by atoms with Crippen LogP contribution in [-0.4, -0.2) is 60.5 Å². The maximum Gasteiger partial charge on any atom is 0.338 e. The average Bonchev–Trinajstić information content (AvgIpc) is 2.74. The van der Waals surface area contributed by atoms with Crippen LogP contribution < -0.4 is 10.2 Å². The van der Waals surface area contributed by atoms with E-state index in [1.54, 1.807) is 37.4 Å². The fourth-order valence-corrected chi connectivity index (χ4v) is 2.91. The summed E-state index contributed by atoms with van der Waals surface area (Å²) in [5.41, 5.74) is 0.829. The zero-order valence-corrected chi connectivity index (χ0v) is 15.6. The molecule has 0 bridgehead atoms. The van der Waals surface area contributed by atoms with Gasteiger partial charge in [0, 0.05) is 38.1 Å². The van der Waals surface area contributed by atoms with E-state index in [1.807, 2.05) is 18.2 Å². The fraction of sp³-hybridized carbons (Fsp3) is 0.300. The van der Waals surface area contributed by atoms with E-state index in [4.69, 9.17) is 4.74 Å². The minimum Gasteiger partial charge on any atom is -0.462 e. The van der Waals surface area contributed by atoms with E-state index >= 15 is 0 Å². The highest BCUT2D eigenvalue weighted by Crippen LogP contribution is 2.14. The molecule has 0 atom stereocenters. The van der Waals surface area contributed by atoms with Gasteiger partial charge in [-0.2, -0.15) is 0 Å². The monoisotopic (exact) mass is 382 g/mol. The van der Waals surface area contributed by atoms with Gasteiger partial charge in [0.1, 0.15) is 5.82 Å². The molecule has 2 amide bonds. The summed E-state index contributed by atoms with van der Waals surface area (Å²) < 4.78 is 4.91. The molecule has 3 rings (SSSR count). The number of aromatic nitrogens is 1. The van der Waals surface area contributed by atoms with Crippen molar-refractivity contribution in [2.24, 2.45) is 0 Å². The Balaban J connectivity index is 1.52. The zero-order valence-electron chi connectivity index (χ0n) is 15.6.